The Morgan fingerprint density at radius 1 is 0.750 bits per heavy atom. The molecule has 0 aromatic heterocycles. The largest absolute Gasteiger partial charge is 0.378 e. The maximum atomic E-state index is 9.88. The molecule has 2 N–H and O–H groups in total. The predicted octanol–water partition coefficient (Wildman–Crippen LogP) is -0.790. The fourth-order valence-corrected chi connectivity index (χ4v) is 0.875. The summed E-state index contributed by atoms with van der Waals surface area (Å²) in [6, 6.07) is 0. The summed E-state index contributed by atoms with van der Waals surface area (Å²) in [7, 11) is 0. The Kier molecular flexibility index (Phi) is 14.0. The SMILES string of the molecule is NCCOCCOCCOCCOCC=O. The lowest BCUT2D eigenvalue weighted by atomic mass is 10.7. The van der Waals surface area contributed by atoms with Gasteiger partial charge in [0.25, 0.3) is 0 Å². The maximum Gasteiger partial charge on any atom is 0.145 e. The fraction of sp³-hybridized carbons (Fsp3) is 0.900. The molecule has 16 heavy (non-hydrogen) atoms. The zero-order valence-corrected chi connectivity index (χ0v) is 9.56. The molecular weight excluding hydrogens is 214 g/mol. The number of aldehydes is 1. The summed E-state index contributed by atoms with van der Waals surface area (Å²) < 4.78 is 20.4. The van der Waals surface area contributed by atoms with Crippen LogP contribution in [0.5, 0.6) is 0 Å². The molecule has 0 aliphatic carbocycles. The molecule has 0 saturated carbocycles. The zero-order chi connectivity index (χ0) is 11.9. The van der Waals surface area contributed by atoms with Crippen molar-refractivity contribution in [1.82, 2.24) is 0 Å². The van der Waals surface area contributed by atoms with Gasteiger partial charge in [0.2, 0.25) is 0 Å². The molecule has 0 saturated heterocycles. The van der Waals surface area contributed by atoms with Gasteiger partial charge in [-0.3, -0.25) is 0 Å². The van der Waals surface area contributed by atoms with Crippen molar-refractivity contribution < 1.29 is 23.7 Å². The number of hydrogen-bond donors (Lipinski definition) is 1. The van der Waals surface area contributed by atoms with Crippen LogP contribution in [0.2, 0.25) is 0 Å². The first-order valence-corrected chi connectivity index (χ1v) is 5.36. The molecule has 0 rings (SSSR count). The lowest BCUT2D eigenvalue weighted by Crippen LogP contribution is -2.14. The number of carbonyl (C=O) groups is 1. The summed E-state index contributed by atoms with van der Waals surface area (Å²) in [6.45, 7) is 4.26. The lowest BCUT2D eigenvalue weighted by molar-refractivity contribution is -0.112. The zero-order valence-electron chi connectivity index (χ0n) is 9.56. The second-order valence-electron chi connectivity index (χ2n) is 2.87. The van der Waals surface area contributed by atoms with E-state index in [9.17, 15) is 4.79 Å². The van der Waals surface area contributed by atoms with Gasteiger partial charge < -0.3 is 29.5 Å². The van der Waals surface area contributed by atoms with Crippen LogP contribution in [0.3, 0.4) is 0 Å². The van der Waals surface area contributed by atoms with E-state index in [4.69, 9.17) is 24.7 Å². The van der Waals surface area contributed by atoms with E-state index in [2.05, 4.69) is 0 Å². The van der Waals surface area contributed by atoms with E-state index in [-0.39, 0.29) is 6.61 Å². The van der Waals surface area contributed by atoms with Crippen LogP contribution >= 0.6 is 0 Å². The van der Waals surface area contributed by atoms with Gasteiger partial charge in [0, 0.05) is 6.54 Å². The molecule has 0 amide bonds. The summed E-state index contributed by atoms with van der Waals surface area (Å²) in [5, 5.41) is 0. The van der Waals surface area contributed by atoms with Crippen molar-refractivity contribution in [2.75, 3.05) is 59.4 Å². The topological polar surface area (TPSA) is 80.0 Å². The van der Waals surface area contributed by atoms with E-state index in [1.165, 1.54) is 0 Å². The van der Waals surface area contributed by atoms with Crippen LogP contribution in [-0.2, 0) is 23.7 Å². The average Bonchev–Trinajstić information content (AvgIpc) is 2.31. The summed E-state index contributed by atoms with van der Waals surface area (Å²) in [4.78, 5) is 9.88. The van der Waals surface area contributed by atoms with Crippen LogP contribution in [0.4, 0.5) is 0 Å². The van der Waals surface area contributed by atoms with Crippen molar-refractivity contribution in [3.8, 4) is 0 Å². The Morgan fingerprint density at radius 3 is 1.62 bits per heavy atom. The first kappa shape index (κ1) is 15.5. The van der Waals surface area contributed by atoms with Crippen molar-refractivity contribution in [3.05, 3.63) is 0 Å². The van der Waals surface area contributed by atoms with E-state index in [1.54, 1.807) is 0 Å². The standard InChI is InChI=1S/C10H21NO5/c11-1-3-13-5-7-15-9-10-16-8-6-14-4-2-12/h2H,1,3-11H2. The number of hydrogen-bond acceptors (Lipinski definition) is 6. The molecule has 0 unspecified atom stereocenters. The summed E-state index contributed by atoms with van der Waals surface area (Å²) in [5.74, 6) is 0. The number of rotatable bonds is 13. The van der Waals surface area contributed by atoms with E-state index in [0.717, 1.165) is 0 Å². The van der Waals surface area contributed by atoms with E-state index < -0.39 is 0 Å². The summed E-state index contributed by atoms with van der Waals surface area (Å²) in [5.41, 5.74) is 5.24. The highest BCUT2D eigenvalue weighted by Crippen LogP contribution is 1.81. The molecule has 6 heteroatoms. The lowest BCUT2D eigenvalue weighted by Gasteiger charge is -2.06. The molecule has 0 heterocycles. The van der Waals surface area contributed by atoms with Gasteiger partial charge in [-0.15, -0.1) is 0 Å². The second kappa shape index (κ2) is 14.5. The third-order valence-corrected chi connectivity index (χ3v) is 1.56. The number of carbonyl (C=O) groups excluding carboxylic acids is 1. The monoisotopic (exact) mass is 235 g/mol. The van der Waals surface area contributed by atoms with Crippen LogP contribution in [0.15, 0.2) is 0 Å². The Bertz CT molecular complexity index is 145. The van der Waals surface area contributed by atoms with Gasteiger partial charge in [-0.2, -0.15) is 0 Å². The summed E-state index contributed by atoms with van der Waals surface area (Å²) in [6.07, 6.45) is 0.713. The quantitative estimate of drug-likeness (QED) is 0.333. The molecule has 0 bridgehead atoms. The smallest absolute Gasteiger partial charge is 0.145 e. The predicted molar refractivity (Wildman–Crippen MR) is 58.4 cm³/mol. The van der Waals surface area contributed by atoms with Crippen LogP contribution in [0.1, 0.15) is 0 Å². The molecule has 0 aliphatic rings. The first-order valence-electron chi connectivity index (χ1n) is 5.36. The van der Waals surface area contributed by atoms with Gasteiger partial charge in [0.05, 0.1) is 46.2 Å². The van der Waals surface area contributed by atoms with Crippen LogP contribution in [0.25, 0.3) is 0 Å². The Morgan fingerprint density at radius 2 is 1.19 bits per heavy atom. The summed E-state index contributed by atoms with van der Waals surface area (Å²) >= 11 is 0. The Balaban J connectivity index is 2.85. The molecule has 0 spiro atoms. The molecule has 0 aromatic rings. The molecule has 0 fully saturated rings. The highest BCUT2D eigenvalue weighted by Gasteiger charge is 1.91. The average molecular weight is 235 g/mol. The molecule has 6 nitrogen and oxygen atoms in total. The minimum Gasteiger partial charge on any atom is -0.378 e. The van der Waals surface area contributed by atoms with Crippen LogP contribution < -0.4 is 5.73 Å². The molecule has 96 valence electrons. The third kappa shape index (κ3) is 13.5. The van der Waals surface area contributed by atoms with E-state index >= 15 is 0 Å². The number of ether oxygens (including phenoxy) is 4. The van der Waals surface area contributed by atoms with Crippen LogP contribution in [-0.4, -0.2) is 65.7 Å². The molecule has 0 aromatic carbocycles. The van der Waals surface area contributed by atoms with Gasteiger partial charge in [-0.1, -0.05) is 0 Å². The minimum absolute atomic E-state index is 0.123. The molecular formula is C10H21NO5. The highest BCUT2D eigenvalue weighted by molar-refractivity contribution is 5.50. The first-order chi connectivity index (χ1) is 7.91. The van der Waals surface area contributed by atoms with Crippen LogP contribution in [0, 0.1) is 0 Å². The van der Waals surface area contributed by atoms with Crippen molar-refractivity contribution >= 4 is 6.29 Å². The third-order valence-electron chi connectivity index (χ3n) is 1.56. The second-order valence-corrected chi connectivity index (χ2v) is 2.87. The minimum atomic E-state index is 0.123. The molecule has 0 radical (unpaired) electrons. The van der Waals surface area contributed by atoms with E-state index in [0.29, 0.717) is 59.1 Å². The molecule has 0 atom stereocenters. The van der Waals surface area contributed by atoms with Gasteiger partial charge in [0.15, 0.2) is 0 Å². The van der Waals surface area contributed by atoms with E-state index in [1.807, 2.05) is 0 Å². The Labute approximate surface area is 96.0 Å². The van der Waals surface area contributed by atoms with Gasteiger partial charge in [0.1, 0.15) is 12.9 Å². The Hall–Kier alpha value is -0.530. The fourth-order valence-electron chi connectivity index (χ4n) is 0.875. The normalized spacial score (nSPS) is 10.6. The van der Waals surface area contributed by atoms with Crippen molar-refractivity contribution in [2.45, 2.75) is 0 Å². The van der Waals surface area contributed by atoms with Crippen molar-refractivity contribution in [3.63, 3.8) is 0 Å². The van der Waals surface area contributed by atoms with Crippen molar-refractivity contribution in [2.24, 2.45) is 5.73 Å². The molecule has 0 aliphatic heterocycles. The van der Waals surface area contributed by atoms with Gasteiger partial charge in [-0.25, -0.2) is 0 Å². The van der Waals surface area contributed by atoms with Gasteiger partial charge in [-0.05, 0) is 0 Å². The van der Waals surface area contributed by atoms with Gasteiger partial charge >= 0.3 is 0 Å². The van der Waals surface area contributed by atoms with Crippen molar-refractivity contribution in [1.29, 1.82) is 0 Å². The maximum absolute atomic E-state index is 9.88. The highest BCUT2D eigenvalue weighted by atomic mass is 16.6. The number of nitrogens with two attached hydrogens (primary N) is 1.